The normalized spacial score (nSPS) is 10.4. The SMILES string of the molecule is COc1cc2c(OC)cc(C(=O)O)nc2cc1Cl. The average Bonchev–Trinajstić information content (AvgIpc) is 2.36. The zero-order valence-corrected chi connectivity index (χ0v) is 10.5. The van der Waals surface area contributed by atoms with Gasteiger partial charge in [-0.3, -0.25) is 0 Å². The number of halogens is 1. The summed E-state index contributed by atoms with van der Waals surface area (Å²) < 4.78 is 10.3. The van der Waals surface area contributed by atoms with E-state index >= 15 is 0 Å². The smallest absolute Gasteiger partial charge is 0.354 e. The van der Waals surface area contributed by atoms with Gasteiger partial charge in [-0.05, 0) is 12.1 Å². The van der Waals surface area contributed by atoms with Gasteiger partial charge in [0.15, 0.2) is 5.69 Å². The van der Waals surface area contributed by atoms with Crippen molar-refractivity contribution in [3.8, 4) is 11.5 Å². The minimum atomic E-state index is -1.12. The van der Waals surface area contributed by atoms with Gasteiger partial charge in [-0.15, -0.1) is 0 Å². The Morgan fingerprint density at radius 3 is 2.44 bits per heavy atom. The van der Waals surface area contributed by atoms with E-state index in [2.05, 4.69) is 4.98 Å². The molecule has 0 aliphatic carbocycles. The topological polar surface area (TPSA) is 68.7 Å². The van der Waals surface area contributed by atoms with Gasteiger partial charge in [0.25, 0.3) is 0 Å². The van der Waals surface area contributed by atoms with E-state index in [4.69, 9.17) is 26.2 Å². The van der Waals surface area contributed by atoms with Crippen molar-refractivity contribution < 1.29 is 19.4 Å². The zero-order valence-electron chi connectivity index (χ0n) is 9.73. The molecule has 0 saturated heterocycles. The molecule has 0 bridgehead atoms. The maximum Gasteiger partial charge on any atom is 0.354 e. The highest BCUT2D eigenvalue weighted by Crippen LogP contribution is 2.34. The maximum absolute atomic E-state index is 10.9. The van der Waals surface area contributed by atoms with Gasteiger partial charge < -0.3 is 14.6 Å². The van der Waals surface area contributed by atoms with Gasteiger partial charge in [0.2, 0.25) is 0 Å². The van der Waals surface area contributed by atoms with E-state index < -0.39 is 5.97 Å². The van der Waals surface area contributed by atoms with Gasteiger partial charge in [0.05, 0.1) is 24.8 Å². The molecule has 5 nitrogen and oxygen atoms in total. The second-order valence-electron chi connectivity index (χ2n) is 3.52. The number of nitrogens with zero attached hydrogens (tertiary/aromatic N) is 1. The first-order valence-corrected chi connectivity index (χ1v) is 5.40. The van der Waals surface area contributed by atoms with Crippen molar-refractivity contribution >= 4 is 28.5 Å². The Hall–Kier alpha value is -2.01. The fourth-order valence-corrected chi connectivity index (χ4v) is 1.87. The number of carbonyl (C=O) groups is 1. The van der Waals surface area contributed by atoms with Gasteiger partial charge >= 0.3 is 5.97 Å². The van der Waals surface area contributed by atoms with Crippen molar-refractivity contribution in [1.82, 2.24) is 4.98 Å². The molecule has 6 heteroatoms. The van der Waals surface area contributed by atoms with Crippen molar-refractivity contribution in [3.63, 3.8) is 0 Å². The van der Waals surface area contributed by atoms with E-state index in [1.807, 2.05) is 0 Å². The molecule has 0 unspecified atom stereocenters. The van der Waals surface area contributed by atoms with Crippen molar-refractivity contribution in [2.75, 3.05) is 14.2 Å². The molecule has 0 amide bonds. The van der Waals surface area contributed by atoms with E-state index in [0.29, 0.717) is 27.4 Å². The molecule has 0 atom stereocenters. The van der Waals surface area contributed by atoms with Crippen molar-refractivity contribution in [3.05, 3.63) is 28.9 Å². The van der Waals surface area contributed by atoms with Gasteiger partial charge in [-0.1, -0.05) is 11.6 Å². The van der Waals surface area contributed by atoms with E-state index in [-0.39, 0.29) is 5.69 Å². The number of hydrogen-bond acceptors (Lipinski definition) is 4. The van der Waals surface area contributed by atoms with Crippen LogP contribution in [0.4, 0.5) is 0 Å². The number of carboxylic acids is 1. The van der Waals surface area contributed by atoms with Gasteiger partial charge in [0.1, 0.15) is 11.5 Å². The number of aromatic nitrogens is 1. The van der Waals surface area contributed by atoms with Crippen LogP contribution in [0.1, 0.15) is 10.5 Å². The Morgan fingerprint density at radius 2 is 1.89 bits per heavy atom. The number of fused-ring (bicyclic) bond motifs is 1. The Morgan fingerprint density at radius 1 is 1.22 bits per heavy atom. The third kappa shape index (κ3) is 2.04. The van der Waals surface area contributed by atoms with Crippen LogP contribution in [-0.2, 0) is 0 Å². The first kappa shape index (κ1) is 12.4. The van der Waals surface area contributed by atoms with Crippen LogP contribution in [0.5, 0.6) is 11.5 Å². The van der Waals surface area contributed by atoms with Crippen molar-refractivity contribution in [2.24, 2.45) is 0 Å². The molecule has 0 spiro atoms. The summed E-state index contributed by atoms with van der Waals surface area (Å²) in [5, 5.41) is 9.96. The molecular weight excluding hydrogens is 258 g/mol. The van der Waals surface area contributed by atoms with E-state index in [0.717, 1.165) is 0 Å². The number of ether oxygens (including phenoxy) is 2. The summed E-state index contributed by atoms with van der Waals surface area (Å²) in [6.07, 6.45) is 0. The maximum atomic E-state index is 10.9. The van der Waals surface area contributed by atoms with Crippen LogP contribution in [0.15, 0.2) is 18.2 Å². The second-order valence-corrected chi connectivity index (χ2v) is 3.93. The molecule has 0 radical (unpaired) electrons. The van der Waals surface area contributed by atoms with Crippen LogP contribution in [0.3, 0.4) is 0 Å². The number of benzene rings is 1. The van der Waals surface area contributed by atoms with E-state index in [1.54, 1.807) is 12.1 Å². The molecule has 2 aromatic rings. The van der Waals surface area contributed by atoms with Crippen LogP contribution in [-0.4, -0.2) is 30.3 Å². The summed E-state index contributed by atoms with van der Waals surface area (Å²) >= 11 is 5.98. The highest BCUT2D eigenvalue weighted by Gasteiger charge is 2.13. The second kappa shape index (κ2) is 4.70. The number of hydrogen-bond donors (Lipinski definition) is 1. The fourth-order valence-electron chi connectivity index (χ4n) is 1.63. The Bertz CT molecular complexity index is 627. The molecule has 1 aromatic carbocycles. The average molecular weight is 268 g/mol. The molecule has 2 rings (SSSR count). The monoisotopic (exact) mass is 267 g/mol. The van der Waals surface area contributed by atoms with Crippen LogP contribution >= 0.6 is 11.6 Å². The highest BCUT2D eigenvalue weighted by atomic mass is 35.5. The third-order valence-corrected chi connectivity index (χ3v) is 2.78. The Kier molecular flexibility index (Phi) is 3.25. The van der Waals surface area contributed by atoms with Crippen molar-refractivity contribution in [2.45, 2.75) is 0 Å². The molecular formula is C12H10ClNO4. The van der Waals surface area contributed by atoms with Gasteiger partial charge in [0, 0.05) is 11.5 Å². The lowest BCUT2D eigenvalue weighted by molar-refractivity contribution is 0.0690. The summed E-state index contributed by atoms with van der Waals surface area (Å²) in [6, 6.07) is 4.57. The minimum absolute atomic E-state index is 0.0967. The largest absolute Gasteiger partial charge is 0.496 e. The number of aromatic carboxylic acids is 1. The highest BCUT2D eigenvalue weighted by molar-refractivity contribution is 6.32. The van der Waals surface area contributed by atoms with Crippen molar-refractivity contribution in [1.29, 1.82) is 0 Å². The molecule has 0 aliphatic heterocycles. The number of methoxy groups -OCH3 is 2. The van der Waals surface area contributed by atoms with Gasteiger partial charge in [-0.25, -0.2) is 9.78 Å². The summed E-state index contributed by atoms with van der Waals surface area (Å²) in [7, 11) is 2.96. The molecule has 94 valence electrons. The lowest BCUT2D eigenvalue weighted by Crippen LogP contribution is -2.02. The Labute approximate surface area is 108 Å². The lowest BCUT2D eigenvalue weighted by Gasteiger charge is -2.09. The predicted octanol–water partition coefficient (Wildman–Crippen LogP) is 2.60. The number of pyridine rings is 1. The van der Waals surface area contributed by atoms with E-state index in [9.17, 15) is 4.79 Å². The molecule has 0 aliphatic rings. The van der Waals surface area contributed by atoms with Crippen LogP contribution in [0, 0.1) is 0 Å². The zero-order chi connectivity index (χ0) is 13.3. The molecule has 1 N–H and O–H groups in total. The number of carboxylic acid groups (broad SMARTS) is 1. The summed E-state index contributed by atoms with van der Waals surface area (Å²) in [5.41, 5.74) is 0.345. The Balaban J connectivity index is 2.79. The molecule has 0 saturated carbocycles. The summed E-state index contributed by atoms with van der Waals surface area (Å²) in [4.78, 5) is 14.9. The quantitative estimate of drug-likeness (QED) is 0.926. The summed E-state index contributed by atoms with van der Waals surface area (Å²) in [6.45, 7) is 0. The predicted molar refractivity (Wildman–Crippen MR) is 66.8 cm³/mol. The van der Waals surface area contributed by atoms with Crippen LogP contribution < -0.4 is 9.47 Å². The fraction of sp³-hybridized carbons (Fsp3) is 0.167. The molecule has 1 aromatic heterocycles. The number of rotatable bonds is 3. The summed E-state index contributed by atoms with van der Waals surface area (Å²) in [5.74, 6) is -0.234. The first-order valence-electron chi connectivity index (χ1n) is 5.02. The lowest BCUT2D eigenvalue weighted by atomic mass is 10.1. The van der Waals surface area contributed by atoms with E-state index in [1.165, 1.54) is 20.3 Å². The molecule has 0 fully saturated rings. The third-order valence-electron chi connectivity index (χ3n) is 2.48. The van der Waals surface area contributed by atoms with Crippen LogP contribution in [0.2, 0.25) is 5.02 Å². The standard InChI is InChI=1S/C12H10ClNO4/c1-17-10-5-9(12(15)16)14-8-4-7(13)11(18-2)3-6(8)10/h3-5H,1-2H3,(H,15,16). The first-order chi connectivity index (χ1) is 8.56. The molecule has 1 heterocycles. The minimum Gasteiger partial charge on any atom is -0.496 e. The van der Waals surface area contributed by atoms with Crippen LogP contribution in [0.25, 0.3) is 10.9 Å². The molecule has 18 heavy (non-hydrogen) atoms. The van der Waals surface area contributed by atoms with Gasteiger partial charge in [-0.2, -0.15) is 0 Å².